The lowest BCUT2D eigenvalue weighted by Gasteiger charge is -2.26. The van der Waals surface area contributed by atoms with Crippen molar-refractivity contribution in [2.24, 2.45) is 5.92 Å². The molecule has 2 aromatic rings. The Morgan fingerprint density at radius 1 is 1.13 bits per heavy atom. The van der Waals surface area contributed by atoms with Crippen LogP contribution in [-0.4, -0.2) is 36.5 Å². The van der Waals surface area contributed by atoms with Gasteiger partial charge in [-0.2, -0.15) is 22.0 Å². The Morgan fingerprint density at radius 3 is 2.42 bits per heavy atom. The summed E-state index contributed by atoms with van der Waals surface area (Å²) in [5.41, 5.74) is 0.854. The maximum Gasteiger partial charge on any atom is 0.393 e. The van der Waals surface area contributed by atoms with Gasteiger partial charge in [-0.25, -0.2) is 0 Å². The molecule has 2 aromatic carbocycles. The Labute approximate surface area is 175 Å². The summed E-state index contributed by atoms with van der Waals surface area (Å²) < 4.78 is 74.4. The van der Waals surface area contributed by atoms with Gasteiger partial charge in [-0.3, -0.25) is 4.79 Å². The van der Waals surface area contributed by atoms with Crippen LogP contribution in [0, 0.1) is 5.92 Å². The fourth-order valence-corrected chi connectivity index (χ4v) is 3.59. The molecule has 0 aromatic heterocycles. The summed E-state index contributed by atoms with van der Waals surface area (Å²) in [6.07, 6.45) is -5.08. The van der Waals surface area contributed by atoms with E-state index in [4.69, 9.17) is 9.84 Å². The zero-order valence-corrected chi connectivity index (χ0v) is 16.2. The number of hydrogen-bond acceptors (Lipinski definition) is 4. The van der Waals surface area contributed by atoms with Gasteiger partial charge in [0.05, 0.1) is 12.3 Å². The van der Waals surface area contributed by atoms with Crippen LogP contribution in [0.2, 0.25) is 0 Å². The van der Waals surface area contributed by atoms with Crippen LogP contribution in [0.5, 0.6) is 11.5 Å². The molecule has 3 rings (SSSR count). The third kappa shape index (κ3) is 5.99. The summed E-state index contributed by atoms with van der Waals surface area (Å²) >= 11 is 0. The minimum Gasteiger partial charge on any atom is -0.489 e. The van der Waals surface area contributed by atoms with E-state index in [1.807, 2.05) is 0 Å². The van der Waals surface area contributed by atoms with Crippen LogP contribution in [0.15, 0.2) is 48.5 Å². The third-order valence-electron chi connectivity index (χ3n) is 5.04. The van der Waals surface area contributed by atoms with Gasteiger partial charge >= 0.3 is 18.8 Å². The van der Waals surface area contributed by atoms with Crippen LogP contribution >= 0.6 is 0 Å². The first-order chi connectivity index (χ1) is 14.6. The molecule has 1 fully saturated rings. The van der Waals surface area contributed by atoms with Gasteiger partial charge in [0.15, 0.2) is 0 Å². The number of ether oxygens (including phenoxy) is 2. The number of carboxylic acid groups (broad SMARTS) is 1. The standard InChI is InChI=1S/C21H20F5NO4/c22-20(23)31-18-4-2-1-3-13(18)12-30-17-7-5-15(6-8-17)27-11-14(21(24,25)26)9-16(27)10-19(28)29/h1-8,14,16,20H,9-12H2,(H,28,29)/t14-,16-/m0/s1. The number of benzene rings is 2. The van der Waals surface area contributed by atoms with Crippen LogP contribution < -0.4 is 14.4 Å². The highest BCUT2D eigenvalue weighted by Gasteiger charge is 2.47. The summed E-state index contributed by atoms with van der Waals surface area (Å²) in [7, 11) is 0. The Bertz CT molecular complexity index is 888. The van der Waals surface area contributed by atoms with E-state index in [1.165, 1.54) is 23.1 Å². The first-order valence-electron chi connectivity index (χ1n) is 9.44. The summed E-state index contributed by atoms with van der Waals surface area (Å²) in [5, 5.41) is 9.04. The Morgan fingerprint density at radius 2 is 1.81 bits per heavy atom. The van der Waals surface area contributed by atoms with Gasteiger partial charge < -0.3 is 19.5 Å². The average molecular weight is 445 g/mol. The highest BCUT2D eigenvalue weighted by atomic mass is 19.4. The second-order valence-corrected chi connectivity index (χ2v) is 7.15. The Hall–Kier alpha value is -3.04. The van der Waals surface area contributed by atoms with E-state index in [0.717, 1.165) is 0 Å². The van der Waals surface area contributed by atoms with E-state index < -0.39 is 37.1 Å². The number of aliphatic carboxylic acids is 1. The van der Waals surface area contributed by atoms with E-state index in [2.05, 4.69) is 4.74 Å². The predicted molar refractivity (Wildman–Crippen MR) is 101 cm³/mol. The van der Waals surface area contributed by atoms with Gasteiger partial charge in [0, 0.05) is 23.8 Å². The van der Waals surface area contributed by atoms with Gasteiger partial charge in [-0.1, -0.05) is 18.2 Å². The van der Waals surface area contributed by atoms with E-state index in [0.29, 0.717) is 17.0 Å². The summed E-state index contributed by atoms with van der Waals surface area (Å²) in [6.45, 7) is -3.34. The summed E-state index contributed by atoms with van der Waals surface area (Å²) in [5.74, 6) is -2.40. The molecule has 1 aliphatic heterocycles. The van der Waals surface area contributed by atoms with Crippen LogP contribution in [0.25, 0.3) is 0 Å². The highest BCUT2D eigenvalue weighted by molar-refractivity contribution is 5.69. The Balaban J connectivity index is 1.69. The maximum absolute atomic E-state index is 13.1. The molecule has 2 atom stereocenters. The zero-order chi connectivity index (χ0) is 22.6. The quantitative estimate of drug-likeness (QED) is 0.573. The summed E-state index contributed by atoms with van der Waals surface area (Å²) in [4.78, 5) is 12.5. The molecule has 5 nitrogen and oxygen atoms in total. The van der Waals surface area contributed by atoms with Gasteiger partial charge in [0.2, 0.25) is 0 Å². The van der Waals surface area contributed by atoms with Crippen molar-refractivity contribution in [3.05, 3.63) is 54.1 Å². The number of nitrogens with zero attached hydrogens (tertiary/aromatic N) is 1. The number of para-hydroxylation sites is 1. The van der Waals surface area contributed by atoms with E-state index >= 15 is 0 Å². The molecule has 10 heteroatoms. The first-order valence-corrected chi connectivity index (χ1v) is 9.44. The topological polar surface area (TPSA) is 59.0 Å². The number of rotatable bonds is 8. The lowest BCUT2D eigenvalue weighted by Crippen LogP contribution is -2.32. The largest absolute Gasteiger partial charge is 0.489 e. The monoisotopic (exact) mass is 445 g/mol. The van der Waals surface area contributed by atoms with Crippen molar-refractivity contribution in [1.29, 1.82) is 0 Å². The molecule has 1 saturated heterocycles. The smallest absolute Gasteiger partial charge is 0.393 e. The van der Waals surface area contributed by atoms with Crippen molar-refractivity contribution in [2.45, 2.75) is 38.3 Å². The molecular formula is C21H20F5NO4. The molecule has 168 valence electrons. The molecule has 0 bridgehead atoms. The minimum absolute atomic E-state index is 0.0131. The molecule has 0 amide bonds. The molecule has 0 saturated carbocycles. The van der Waals surface area contributed by atoms with Crippen molar-refractivity contribution in [3.8, 4) is 11.5 Å². The number of halogens is 5. The minimum atomic E-state index is -4.40. The van der Waals surface area contributed by atoms with Crippen molar-refractivity contribution in [3.63, 3.8) is 0 Å². The van der Waals surface area contributed by atoms with Crippen LogP contribution in [0.1, 0.15) is 18.4 Å². The van der Waals surface area contributed by atoms with Crippen molar-refractivity contribution >= 4 is 11.7 Å². The third-order valence-corrected chi connectivity index (χ3v) is 5.04. The van der Waals surface area contributed by atoms with Gasteiger partial charge in [-0.05, 0) is 36.8 Å². The van der Waals surface area contributed by atoms with Crippen LogP contribution in [-0.2, 0) is 11.4 Å². The summed E-state index contributed by atoms with van der Waals surface area (Å²) in [6, 6.07) is 11.5. The lowest BCUT2D eigenvalue weighted by molar-refractivity contribution is -0.169. The maximum atomic E-state index is 13.1. The second kappa shape index (κ2) is 9.40. The number of hydrogen-bond donors (Lipinski definition) is 1. The number of carboxylic acids is 1. The van der Waals surface area contributed by atoms with Crippen molar-refractivity contribution in [1.82, 2.24) is 0 Å². The average Bonchev–Trinajstić information content (AvgIpc) is 3.11. The zero-order valence-electron chi connectivity index (χ0n) is 16.2. The molecule has 1 N–H and O–H groups in total. The fraction of sp³-hybridized carbons (Fsp3) is 0.381. The SMILES string of the molecule is O=C(O)C[C@@H]1C[C@H](C(F)(F)F)CN1c1ccc(OCc2ccccc2OC(F)F)cc1. The second-order valence-electron chi connectivity index (χ2n) is 7.15. The molecular weight excluding hydrogens is 425 g/mol. The van der Waals surface area contributed by atoms with Gasteiger partial charge in [-0.15, -0.1) is 0 Å². The van der Waals surface area contributed by atoms with Gasteiger partial charge in [0.1, 0.15) is 18.1 Å². The van der Waals surface area contributed by atoms with Gasteiger partial charge in [0.25, 0.3) is 0 Å². The highest BCUT2D eigenvalue weighted by Crippen LogP contribution is 2.40. The van der Waals surface area contributed by atoms with Crippen LogP contribution in [0.4, 0.5) is 27.6 Å². The van der Waals surface area contributed by atoms with Crippen molar-refractivity contribution in [2.75, 3.05) is 11.4 Å². The number of carbonyl (C=O) groups is 1. The van der Waals surface area contributed by atoms with E-state index in [9.17, 15) is 26.7 Å². The Kier molecular flexibility index (Phi) is 6.87. The molecule has 0 aliphatic carbocycles. The van der Waals surface area contributed by atoms with Crippen LogP contribution in [0.3, 0.4) is 0 Å². The fourth-order valence-electron chi connectivity index (χ4n) is 3.59. The van der Waals surface area contributed by atoms with Crippen molar-refractivity contribution < 1.29 is 41.3 Å². The molecule has 0 radical (unpaired) electrons. The number of alkyl halides is 5. The van der Waals surface area contributed by atoms with E-state index in [-0.39, 0.29) is 25.3 Å². The predicted octanol–water partition coefficient (Wildman–Crippen LogP) is 5.10. The molecule has 1 heterocycles. The number of anilines is 1. The molecule has 0 unspecified atom stereocenters. The molecule has 31 heavy (non-hydrogen) atoms. The molecule has 0 spiro atoms. The first kappa shape index (κ1) is 22.6. The van der Waals surface area contributed by atoms with E-state index in [1.54, 1.807) is 30.3 Å². The molecule has 1 aliphatic rings. The lowest BCUT2D eigenvalue weighted by atomic mass is 10.0. The normalized spacial score (nSPS) is 19.0.